The molecule has 0 amide bonds. The van der Waals surface area contributed by atoms with E-state index in [0.717, 1.165) is 6.07 Å². The van der Waals surface area contributed by atoms with Gasteiger partial charge in [0, 0.05) is 23.2 Å². The Balaban J connectivity index is 2.25. The number of ether oxygens (including phenoxy) is 1. The second-order valence-electron chi connectivity index (χ2n) is 4.82. The highest BCUT2D eigenvalue weighted by Gasteiger charge is 2.24. The Morgan fingerprint density at radius 2 is 1.83 bits per heavy atom. The summed E-state index contributed by atoms with van der Waals surface area (Å²) in [5, 5.41) is 21.9. The normalized spacial score (nSPS) is 11.6. The molecule has 0 bridgehead atoms. The monoisotopic (exact) mass is 350 g/mol. The summed E-state index contributed by atoms with van der Waals surface area (Å²) >= 11 is 5.69. The van der Waals surface area contributed by atoms with Crippen molar-refractivity contribution in [3.63, 3.8) is 0 Å². The zero-order valence-corrected chi connectivity index (χ0v) is 13.1. The Kier molecular flexibility index (Phi) is 5.10. The van der Waals surface area contributed by atoms with E-state index >= 15 is 0 Å². The van der Waals surface area contributed by atoms with Gasteiger partial charge in [-0.15, -0.1) is 0 Å². The van der Waals surface area contributed by atoms with Gasteiger partial charge in [0.1, 0.15) is 11.7 Å². The third kappa shape index (κ3) is 3.85. The number of nitro benzene ring substituents is 2. The Morgan fingerprint density at radius 1 is 1.12 bits per heavy atom. The highest BCUT2D eigenvalue weighted by molar-refractivity contribution is 6.31. The molecule has 0 N–H and O–H groups in total. The van der Waals surface area contributed by atoms with Crippen molar-refractivity contribution in [2.24, 2.45) is 0 Å². The molecule has 0 aliphatic rings. The third-order valence-corrected chi connectivity index (χ3v) is 3.45. The van der Waals surface area contributed by atoms with Gasteiger partial charge >= 0.3 is 5.97 Å². The first-order chi connectivity index (χ1) is 11.3. The molecule has 0 heterocycles. The minimum absolute atomic E-state index is 0.116. The van der Waals surface area contributed by atoms with Gasteiger partial charge in [-0.1, -0.05) is 23.7 Å². The summed E-state index contributed by atoms with van der Waals surface area (Å²) in [4.78, 5) is 32.7. The van der Waals surface area contributed by atoms with Gasteiger partial charge in [0.2, 0.25) is 0 Å². The van der Waals surface area contributed by atoms with Crippen molar-refractivity contribution in [1.29, 1.82) is 0 Å². The molecule has 124 valence electrons. The predicted molar refractivity (Wildman–Crippen MR) is 85.0 cm³/mol. The number of esters is 1. The van der Waals surface area contributed by atoms with Crippen molar-refractivity contribution in [1.82, 2.24) is 0 Å². The molecular formula is C15H11ClN2O6. The fourth-order valence-electron chi connectivity index (χ4n) is 2.01. The van der Waals surface area contributed by atoms with Gasteiger partial charge in [0.15, 0.2) is 0 Å². The van der Waals surface area contributed by atoms with Crippen LogP contribution < -0.4 is 0 Å². The molecule has 1 atom stereocenters. The molecule has 9 heteroatoms. The van der Waals surface area contributed by atoms with Gasteiger partial charge in [0.05, 0.1) is 9.85 Å². The second kappa shape index (κ2) is 7.05. The van der Waals surface area contributed by atoms with Crippen LogP contribution in [0.3, 0.4) is 0 Å². The molecule has 0 aliphatic carbocycles. The van der Waals surface area contributed by atoms with Crippen LogP contribution in [-0.2, 0) is 4.74 Å². The first-order valence-electron chi connectivity index (χ1n) is 6.69. The largest absolute Gasteiger partial charge is 0.454 e. The minimum atomic E-state index is -0.919. The number of rotatable bonds is 5. The lowest BCUT2D eigenvalue weighted by Crippen LogP contribution is -2.11. The molecule has 2 aromatic rings. The van der Waals surface area contributed by atoms with Gasteiger partial charge < -0.3 is 4.74 Å². The van der Waals surface area contributed by atoms with Gasteiger partial charge in [-0.2, -0.15) is 0 Å². The zero-order valence-electron chi connectivity index (χ0n) is 12.3. The summed E-state index contributed by atoms with van der Waals surface area (Å²) in [6.45, 7) is 1.51. The molecule has 0 radical (unpaired) electrons. The number of carbonyl (C=O) groups is 1. The Labute approximate surface area is 140 Å². The smallest absolute Gasteiger partial charge is 0.345 e. The maximum absolute atomic E-state index is 12.2. The highest BCUT2D eigenvalue weighted by atomic mass is 35.5. The number of halogens is 1. The lowest BCUT2D eigenvalue weighted by atomic mass is 10.1. The van der Waals surface area contributed by atoms with Gasteiger partial charge in [-0.25, -0.2) is 4.79 Å². The molecule has 0 aromatic heterocycles. The molecule has 2 rings (SSSR count). The summed E-state index contributed by atoms with van der Waals surface area (Å²) in [6, 6.07) is 9.18. The van der Waals surface area contributed by atoms with E-state index in [1.54, 1.807) is 6.07 Å². The van der Waals surface area contributed by atoms with Crippen LogP contribution >= 0.6 is 11.6 Å². The average Bonchev–Trinajstić information content (AvgIpc) is 2.54. The van der Waals surface area contributed by atoms with Crippen molar-refractivity contribution in [2.45, 2.75) is 13.0 Å². The van der Waals surface area contributed by atoms with Crippen LogP contribution in [0.15, 0.2) is 42.5 Å². The number of benzene rings is 2. The number of non-ortho nitro benzene ring substituents is 1. The van der Waals surface area contributed by atoms with Crippen molar-refractivity contribution in [2.75, 3.05) is 0 Å². The number of hydrogen-bond donors (Lipinski definition) is 0. The maximum Gasteiger partial charge on any atom is 0.345 e. The van der Waals surface area contributed by atoms with Crippen LogP contribution in [0.4, 0.5) is 11.4 Å². The molecular weight excluding hydrogens is 340 g/mol. The lowest BCUT2D eigenvalue weighted by Gasteiger charge is -2.13. The maximum atomic E-state index is 12.2. The van der Waals surface area contributed by atoms with Gasteiger partial charge in [0.25, 0.3) is 11.4 Å². The quantitative estimate of drug-likeness (QED) is 0.456. The van der Waals surface area contributed by atoms with Crippen molar-refractivity contribution in [3.05, 3.63) is 78.8 Å². The van der Waals surface area contributed by atoms with Crippen LogP contribution in [0, 0.1) is 20.2 Å². The van der Waals surface area contributed by atoms with Crippen molar-refractivity contribution < 1.29 is 19.4 Å². The second-order valence-corrected chi connectivity index (χ2v) is 5.25. The van der Waals surface area contributed by atoms with E-state index in [2.05, 4.69) is 0 Å². The number of nitro groups is 2. The van der Waals surface area contributed by atoms with Crippen LogP contribution in [0.1, 0.15) is 28.9 Å². The van der Waals surface area contributed by atoms with Crippen molar-refractivity contribution in [3.8, 4) is 0 Å². The average molecular weight is 351 g/mol. The fraction of sp³-hybridized carbons (Fsp3) is 0.133. The molecule has 0 saturated carbocycles. The topological polar surface area (TPSA) is 113 Å². The summed E-state index contributed by atoms with van der Waals surface area (Å²) in [6.07, 6.45) is -0.826. The van der Waals surface area contributed by atoms with E-state index in [1.165, 1.54) is 37.3 Å². The summed E-state index contributed by atoms with van der Waals surface area (Å²) < 4.78 is 5.18. The number of hydrogen-bond acceptors (Lipinski definition) is 6. The highest BCUT2D eigenvalue weighted by Crippen LogP contribution is 2.27. The summed E-state index contributed by atoms with van der Waals surface area (Å²) in [5.41, 5.74) is -0.470. The van der Waals surface area contributed by atoms with E-state index in [1.807, 2.05) is 0 Å². The van der Waals surface area contributed by atoms with Gasteiger partial charge in [-0.05, 0) is 24.6 Å². The zero-order chi connectivity index (χ0) is 17.9. The molecule has 0 spiro atoms. The van der Waals surface area contributed by atoms with E-state index in [4.69, 9.17) is 16.3 Å². The third-order valence-electron chi connectivity index (χ3n) is 3.21. The molecule has 24 heavy (non-hydrogen) atoms. The first kappa shape index (κ1) is 17.4. The van der Waals surface area contributed by atoms with Gasteiger partial charge in [-0.3, -0.25) is 20.2 Å². The number of nitrogens with zero attached hydrogens (tertiary/aromatic N) is 2. The van der Waals surface area contributed by atoms with E-state index in [0.29, 0.717) is 5.56 Å². The molecule has 0 aliphatic heterocycles. The Bertz CT molecular complexity index is 823. The van der Waals surface area contributed by atoms with Crippen LogP contribution in [-0.4, -0.2) is 15.8 Å². The van der Waals surface area contributed by atoms with Crippen LogP contribution in [0.2, 0.25) is 5.02 Å². The fourth-order valence-corrected chi connectivity index (χ4v) is 2.18. The molecule has 2 aromatic carbocycles. The van der Waals surface area contributed by atoms with Crippen molar-refractivity contribution >= 4 is 28.9 Å². The molecule has 1 unspecified atom stereocenters. The van der Waals surface area contributed by atoms with Crippen LogP contribution in [0.25, 0.3) is 0 Å². The van der Waals surface area contributed by atoms with E-state index in [9.17, 15) is 25.0 Å². The SMILES string of the molecule is CC(OC(=O)c1ccc(Cl)cc1[N+](=O)[O-])c1cccc([N+](=O)[O-])c1. The van der Waals surface area contributed by atoms with Crippen LogP contribution in [0.5, 0.6) is 0 Å². The molecule has 0 fully saturated rings. The van der Waals surface area contributed by atoms with E-state index < -0.39 is 27.6 Å². The Morgan fingerprint density at radius 3 is 2.46 bits per heavy atom. The Hall–Kier alpha value is -3.00. The van der Waals surface area contributed by atoms with E-state index in [-0.39, 0.29) is 16.3 Å². The number of carbonyl (C=O) groups excluding carboxylic acids is 1. The minimum Gasteiger partial charge on any atom is -0.454 e. The lowest BCUT2D eigenvalue weighted by molar-refractivity contribution is -0.385. The molecule has 8 nitrogen and oxygen atoms in total. The summed E-state index contributed by atoms with van der Waals surface area (Å²) in [5.74, 6) is -0.919. The standard InChI is InChI=1S/C15H11ClN2O6/c1-9(10-3-2-4-12(7-10)17(20)21)24-15(19)13-6-5-11(16)8-14(13)18(22)23/h2-9H,1H3. The summed E-state index contributed by atoms with van der Waals surface area (Å²) in [7, 11) is 0. The first-order valence-corrected chi connectivity index (χ1v) is 7.06. The predicted octanol–water partition coefficient (Wildman–Crippen LogP) is 4.07. The molecule has 0 saturated heterocycles.